The fourth-order valence-corrected chi connectivity index (χ4v) is 2.56. The molecule has 0 radical (unpaired) electrons. The summed E-state index contributed by atoms with van der Waals surface area (Å²) in [6.07, 6.45) is 0. The maximum Gasteiger partial charge on any atom is 0.488 e. The molecule has 1 heterocycles. The molecule has 3 rings (SSSR count). The quantitative estimate of drug-likeness (QED) is 0.438. The summed E-state index contributed by atoms with van der Waals surface area (Å²) in [5.41, 5.74) is 6.64. The number of nitrogen functional groups attached to an aromatic ring is 1. The highest BCUT2D eigenvalue weighted by Crippen LogP contribution is 2.35. The van der Waals surface area contributed by atoms with Gasteiger partial charge in [0.25, 0.3) is 12.4 Å². The van der Waals surface area contributed by atoms with Gasteiger partial charge in [0.2, 0.25) is 0 Å². The van der Waals surface area contributed by atoms with Crippen molar-refractivity contribution in [2.75, 3.05) is 12.8 Å². The van der Waals surface area contributed by atoms with E-state index in [0.29, 0.717) is 11.3 Å². The molecule has 1 aromatic heterocycles. The molecule has 132 valence electrons. The Bertz CT molecular complexity index is 999. The predicted molar refractivity (Wildman–Crippen MR) is 92.4 cm³/mol. The van der Waals surface area contributed by atoms with Gasteiger partial charge < -0.3 is 25.3 Å². The molecule has 8 nitrogen and oxygen atoms in total. The standard InChI is InChI=1S/C16H13BFN3O5/c1-25-14-3-2-8(17(23)24)4-10(14)9-6-13-11(5-12(9)18)15(19)16(21-20-13)26-7-22/h2-7,23-24H,1H3,(H2,19,20). The van der Waals surface area contributed by atoms with E-state index in [9.17, 15) is 19.2 Å². The van der Waals surface area contributed by atoms with Crippen molar-refractivity contribution in [2.45, 2.75) is 0 Å². The van der Waals surface area contributed by atoms with Crippen LogP contribution in [0.3, 0.4) is 0 Å². The van der Waals surface area contributed by atoms with E-state index in [-0.39, 0.29) is 40.0 Å². The summed E-state index contributed by atoms with van der Waals surface area (Å²) in [6.45, 7) is 0.146. The van der Waals surface area contributed by atoms with Gasteiger partial charge in [0.1, 0.15) is 17.3 Å². The summed E-state index contributed by atoms with van der Waals surface area (Å²) in [4.78, 5) is 10.5. The van der Waals surface area contributed by atoms with Gasteiger partial charge in [0.15, 0.2) is 0 Å². The van der Waals surface area contributed by atoms with Gasteiger partial charge in [-0.1, -0.05) is 12.1 Å². The Kier molecular flexibility index (Phi) is 4.70. The third kappa shape index (κ3) is 3.03. The number of fused-ring (bicyclic) bond motifs is 1. The van der Waals surface area contributed by atoms with Gasteiger partial charge in [-0.05, 0) is 23.7 Å². The Morgan fingerprint density at radius 2 is 1.96 bits per heavy atom. The van der Waals surface area contributed by atoms with E-state index < -0.39 is 12.9 Å². The van der Waals surface area contributed by atoms with Crippen molar-refractivity contribution >= 4 is 35.6 Å². The normalized spacial score (nSPS) is 10.6. The van der Waals surface area contributed by atoms with E-state index in [0.717, 1.165) is 6.07 Å². The largest absolute Gasteiger partial charge is 0.496 e. The summed E-state index contributed by atoms with van der Waals surface area (Å²) >= 11 is 0. The molecule has 0 saturated carbocycles. The summed E-state index contributed by atoms with van der Waals surface area (Å²) in [5, 5.41) is 26.5. The van der Waals surface area contributed by atoms with Crippen molar-refractivity contribution in [3.63, 3.8) is 0 Å². The summed E-state index contributed by atoms with van der Waals surface area (Å²) in [5.74, 6) is -0.547. The number of benzene rings is 2. The Balaban J connectivity index is 2.23. The molecule has 10 heteroatoms. The first kappa shape index (κ1) is 17.6. The first-order valence-corrected chi connectivity index (χ1v) is 7.36. The topological polar surface area (TPSA) is 128 Å². The SMILES string of the molecule is COc1ccc(B(O)O)cc1-c1cc2nnc(OC=O)c(N)c2cc1F. The highest BCUT2D eigenvalue weighted by atomic mass is 19.1. The number of halogens is 1. The first-order valence-electron chi connectivity index (χ1n) is 7.36. The minimum absolute atomic E-state index is 0.0287. The molecule has 0 aliphatic heterocycles. The fourth-order valence-electron chi connectivity index (χ4n) is 2.56. The molecule has 26 heavy (non-hydrogen) atoms. The second-order valence-electron chi connectivity index (χ2n) is 5.32. The summed E-state index contributed by atoms with van der Waals surface area (Å²) < 4.78 is 24.6. The van der Waals surface area contributed by atoms with Crippen LogP contribution in [-0.2, 0) is 4.79 Å². The van der Waals surface area contributed by atoms with Crippen molar-refractivity contribution in [1.82, 2.24) is 10.2 Å². The third-order valence-electron chi connectivity index (χ3n) is 3.83. The van der Waals surface area contributed by atoms with Gasteiger partial charge >= 0.3 is 7.12 Å². The Morgan fingerprint density at radius 3 is 2.62 bits per heavy atom. The number of nitrogens with zero attached hydrogens (tertiary/aromatic N) is 2. The number of nitrogens with two attached hydrogens (primary N) is 1. The number of rotatable bonds is 5. The van der Waals surface area contributed by atoms with Crippen molar-refractivity contribution < 1.29 is 28.7 Å². The number of ether oxygens (including phenoxy) is 2. The van der Waals surface area contributed by atoms with E-state index in [1.54, 1.807) is 0 Å². The van der Waals surface area contributed by atoms with Crippen LogP contribution in [0.2, 0.25) is 0 Å². The Hall–Kier alpha value is -3.24. The zero-order valence-corrected chi connectivity index (χ0v) is 13.5. The van der Waals surface area contributed by atoms with Crippen molar-refractivity contribution in [1.29, 1.82) is 0 Å². The zero-order chi connectivity index (χ0) is 18.8. The fraction of sp³-hybridized carbons (Fsp3) is 0.0625. The molecule has 4 N–H and O–H groups in total. The second kappa shape index (κ2) is 6.94. The van der Waals surface area contributed by atoms with E-state index in [2.05, 4.69) is 14.9 Å². The lowest BCUT2D eigenvalue weighted by molar-refractivity contribution is -0.120. The number of carbonyl (C=O) groups is 1. The van der Waals surface area contributed by atoms with E-state index >= 15 is 0 Å². The first-order chi connectivity index (χ1) is 12.5. The number of hydrogen-bond donors (Lipinski definition) is 3. The van der Waals surface area contributed by atoms with Crippen LogP contribution < -0.4 is 20.7 Å². The van der Waals surface area contributed by atoms with Gasteiger partial charge in [0, 0.05) is 16.5 Å². The molecule has 0 bridgehead atoms. The molecule has 2 aromatic carbocycles. The van der Waals surface area contributed by atoms with Crippen LogP contribution >= 0.6 is 0 Å². The molecular formula is C16H13BFN3O5. The maximum atomic E-state index is 14.8. The molecule has 0 amide bonds. The van der Waals surface area contributed by atoms with Crippen LogP contribution in [0.1, 0.15) is 0 Å². The van der Waals surface area contributed by atoms with Crippen LogP contribution in [0, 0.1) is 5.82 Å². The second-order valence-corrected chi connectivity index (χ2v) is 5.32. The van der Waals surface area contributed by atoms with Crippen molar-refractivity contribution in [2.24, 2.45) is 0 Å². The van der Waals surface area contributed by atoms with Crippen LogP contribution in [0.4, 0.5) is 10.1 Å². The lowest BCUT2D eigenvalue weighted by Crippen LogP contribution is -2.29. The van der Waals surface area contributed by atoms with E-state index in [1.165, 1.54) is 31.4 Å². The smallest absolute Gasteiger partial charge is 0.488 e. The van der Waals surface area contributed by atoms with E-state index in [4.69, 9.17) is 10.5 Å². The molecule has 3 aromatic rings. The molecule has 0 aliphatic carbocycles. The van der Waals surface area contributed by atoms with Gasteiger partial charge in [-0.3, -0.25) is 4.79 Å². The number of anilines is 1. The van der Waals surface area contributed by atoms with Gasteiger partial charge in [-0.25, -0.2) is 4.39 Å². The molecule has 0 atom stereocenters. The minimum atomic E-state index is -1.72. The monoisotopic (exact) mass is 357 g/mol. The number of carbonyl (C=O) groups excluding carboxylic acids is 1. The minimum Gasteiger partial charge on any atom is -0.496 e. The summed E-state index contributed by atoms with van der Waals surface area (Å²) in [7, 11) is -0.310. The number of methoxy groups -OCH3 is 1. The zero-order valence-electron chi connectivity index (χ0n) is 13.5. The summed E-state index contributed by atoms with van der Waals surface area (Å²) in [6, 6.07) is 6.87. The average molecular weight is 357 g/mol. The molecule has 0 aliphatic rings. The number of aromatic nitrogens is 2. The van der Waals surface area contributed by atoms with Crippen LogP contribution in [0.25, 0.3) is 22.0 Å². The predicted octanol–water partition coefficient (Wildman–Crippen LogP) is 0.242. The molecule has 0 saturated heterocycles. The third-order valence-corrected chi connectivity index (χ3v) is 3.83. The highest BCUT2D eigenvalue weighted by Gasteiger charge is 2.19. The van der Waals surface area contributed by atoms with Crippen LogP contribution in [0.15, 0.2) is 30.3 Å². The van der Waals surface area contributed by atoms with Gasteiger partial charge in [0.05, 0.1) is 12.6 Å². The lowest BCUT2D eigenvalue weighted by Gasteiger charge is -2.13. The number of hydrogen-bond acceptors (Lipinski definition) is 8. The lowest BCUT2D eigenvalue weighted by atomic mass is 9.79. The van der Waals surface area contributed by atoms with E-state index in [1.807, 2.05) is 0 Å². The van der Waals surface area contributed by atoms with Crippen LogP contribution in [-0.4, -0.2) is 40.9 Å². The maximum absolute atomic E-state index is 14.8. The Labute approximate surface area is 147 Å². The van der Waals surface area contributed by atoms with Crippen LogP contribution in [0.5, 0.6) is 11.6 Å². The van der Waals surface area contributed by atoms with Crippen molar-refractivity contribution in [3.8, 4) is 22.8 Å². The highest BCUT2D eigenvalue weighted by molar-refractivity contribution is 6.58. The van der Waals surface area contributed by atoms with Gasteiger partial charge in [-0.2, -0.15) is 0 Å². The Morgan fingerprint density at radius 1 is 1.19 bits per heavy atom. The molecule has 0 spiro atoms. The van der Waals surface area contributed by atoms with Gasteiger partial charge in [-0.15, -0.1) is 10.2 Å². The molecule has 0 fully saturated rings. The molecular weight excluding hydrogens is 344 g/mol. The average Bonchev–Trinajstić information content (AvgIpc) is 2.63. The molecule has 0 unspecified atom stereocenters. The van der Waals surface area contributed by atoms with Crippen molar-refractivity contribution in [3.05, 3.63) is 36.1 Å².